The largest absolute Gasteiger partial charge is 0.305 e. The quantitative estimate of drug-likeness (QED) is 0.156. The lowest BCUT2D eigenvalue weighted by molar-refractivity contribution is 0.591. The number of hydrogen-bond donors (Lipinski definition) is 0. The van der Waals surface area contributed by atoms with Gasteiger partial charge in [-0.15, -0.1) is 15.3 Å². The molecule has 222 valence electrons. The smallest absolute Gasteiger partial charge is 0.209 e. The van der Waals surface area contributed by atoms with Gasteiger partial charge in [-0.3, -0.25) is 4.90 Å². The first-order valence-corrected chi connectivity index (χ1v) is 16.8. The van der Waals surface area contributed by atoms with E-state index in [-0.39, 0.29) is 5.92 Å². The summed E-state index contributed by atoms with van der Waals surface area (Å²) in [6, 6.07) is 57.2. The molecule has 7 rings (SSSR count). The summed E-state index contributed by atoms with van der Waals surface area (Å²) in [6.07, 6.45) is 0. The molecule has 7 heteroatoms. The third-order valence-electron chi connectivity index (χ3n) is 7.89. The Morgan fingerprint density at radius 1 is 0.435 bits per heavy atom. The third-order valence-corrected chi connectivity index (χ3v) is 10.7. The molecule has 1 atom stereocenters. The van der Waals surface area contributed by atoms with Crippen molar-refractivity contribution in [1.29, 1.82) is 0 Å². The van der Waals surface area contributed by atoms with Crippen molar-refractivity contribution in [2.75, 3.05) is 4.90 Å². The lowest BCUT2D eigenvalue weighted by atomic mass is 9.88. The van der Waals surface area contributed by atoms with E-state index in [0.717, 1.165) is 28.2 Å². The van der Waals surface area contributed by atoms with Crippen LogP contribution in [0.5, 0.6) is 0 Å². The molecule has 0 aliphatic carbocycles. The highest BCUT2D eigenvalue weighted by atomic mass is 31.2. The van der Waals surface area contributed by atoms with Crippen LogP contribution in [0.3, 0.4) is 0 Å². The zero-order valence-corrected chi connectivity index (χ0v) is 25.8. The molecule has 0 saturated heterocycles. The van der Waals surface area contributed by atoms with Crippen molar-refractivity contribution in [2.24, 2.45) is 0 Å². The Hall–Kier alpha value is -5.71. The van der Waals surface area contributed by atoms with Crippen molar-refractivity contribution in [3.63, 3.8) is 0 Å². The number of benzene rings is 5. The lowest BCUT2D eigenvalue weighted by Crippen LogP contribution is -2.30. The van der Waals surface area contributed by atoms with E-state index in [1.165, 1.54) is 0 Å². The summed E-state index contributed by atoms with van der Waals surface area (Å²) in [6.45, 7) is 0. The molecule has 0 saturated carbocycles. The van der Waals surface area contributed by atoms with Gasteiger partial charge < -0.3 is 4.57 Å². The maximum Gasteiger partial charge on any atom is 0.209 e. The van der Waals surface area contributed by atoms with Gasteiger partial charge >= 0.3 is 0 Å². The van der Waals surface area contributed by atoms with E-state index < -0.39 is 7.14 Å². The van der Waals surface area contributed by atoms with Crippen LogP contribution in [0, 0.1) is 0 Å². The molecule has 0 aliphatic rings. The fourth-order valence-electron chi connectivity index (χ4n) is 5.68. The van der Waals surface area contributed by atoms with Crippen molar-refractivity contribution in [3.05, 3.63) is 193 Å². The van der Waals surface area contributed by atoms with E-state index in [0.29, 0.717) is 22.0 Å². The van der Waals surface area contributed by atoms with Crippen molar-refractivity contribution in [1.82, 2.24) is 20.4 Å². The SMILES string of the molecule is O=P(c1ccccc1)(c1ccc(C(c2ccccc2)c2ccccc2)nn1)c1ccc(N(c2ccccc2)c2ccccc2)nn1. The first-order chi connectivity index (χ1) is 22.7. The summed E-state index contributed by atoms with van der Waals surface area (Å²) in [5.74, 6) is 0.483. The Bertz CT molecular complexity index is 1840. The van der Waals surface area contributed by atoms with Crippen LogP contribution in [-0.2, 0) is 4.57 Å². The minimum Gasteiger partial charge on any atom is -0.305 e. The Kier molecular flexibility index (Phi) is 8.27. The van der Waals surface area contributed by atoms with Crippen molar-refractivity contribution >= 4 is 40.5 Å². The lowest BCUT2D eigenvalue weighted by Gasteiger charge is -2.24. The highest BCUT2D eigenvalue weighted by molar-refractivity contribution is 7.84. The van der Waals surface area contributed by atoms with E-state index in [9.17, 15) is 0 Å². The molecule has 5 aromatic carbocycles. The Balaban J connectivity index is 1.30. The molecule has 2 aromatic heterocycles. The maximum atomic E-state index is 15.2. The van der Waals surface area contributed by atoms with Gasteiger partial charge in [0.25, 0.3) is 0 Å². The summed E-state index contributed by atoms with van der Waals surface area (Å²) >= 11 is 0. The van der Waals surface area contributed by atoms with Crippen molar-refractivity contribution in [2.45, 2.75) is 5.92 Å². The van der Waals surface area contributed by atoms with E-state index >= 15 is 4.57 Å². The number of hydrogen-bond acceptors (Lipinski definition) is 6. The van der Waals surface area contributed by atoms with Gasteiger partial charge in [0.05, 0.1) is 11.6 Å². The molecule has 1 unspecified atom stereocenters. The van der Waals surface area contributed by atoms with E-state index in [1.807, 2.05) is 150 Å². The van der Waals surface area contributed by atoms with E-state index in [2.05, 4.69) is 39.6 Å². The summed E-state index contributed by atoms with van der Waals surface area (Å²) in [7, 11) is -3.53. The molecule has 46 heavy (non-hydrogen) atoms. The zero-order valence-electron chi connectivity index (χ0n) is 24.9. The molecule has 2 heterocycles. The molecule has 0 radical (unpaired) electrons. The molecule has 6 nitrogen and oxygen atoms in total. The van der Waals surface area contributed by atoms with Crippen LogP contribution < -0.4 is 21.1 Å². The van der Waals surface area contributed by atoms with Crippen LogP contribution in [-0.4, -0.2) is 20.4 Å². The fourth-order valence-corrected chi connectivity index (χ4v) is 7.94. The predicted octanol–water partition coefficient (Wildman–Crippen LogP) is 7.56. The molecule has 0 aliphatic heterocycles. The van der Waals surface area contributed by atoms with Gasteiger partial charge in [-0.05, 0) is 59.7 Å². The predicted molar refractivity (Wildman–Crippen MR) is 186 cm³/mol. The Morgan fingerprint density at radius 3 is 1.30 bits per heavy atom. The second kappa shape index (κ2) is 13.1. The number of nitrogens with zero attached hydrogens (tertiary/aromatic N) is 5. The van der Waals surface area contributed by atoms with E-state index in [1.54, 1.807) is 6.07 Å². The van der Waals surface area contributed by atoms with Gasteiger partial charge in [-0.2, -0.15) is 5.10 Å². The maximum absolute atomic E-state index is 15.2. The molecule has 0 N–H and O–H groups in total. The van der Waals surface area contributed by atoms with Crippen molar-refractivity contribution in [3.8, 4) is 0 Å². The summed E-state index contributed by atoms with van der Waals surface area (Å²) in [5.41, 5.74) is 5.54. The Morgan fingerprint density at radius 2 is 0.870 bits per heavy atom. The minimum atomic E-state index is -3.53. The number of anilines is 3. The first-order valence-electron chi connectivity index (χ1n) is 15.1. The number of rotatable bonds is 9. The zero-order chi connectivity index (χ0) is 31.2. The average molecular weight is 616 g/mol. The van der Waals surface area contributed by atoms with E-state index in [4.69, 9.17) is 5.10 Å². The van der Waals surface area contributed by atoms with Gasteiger partial charge in [0.1, 0.15) is 10.9 Å². The van der Waals surface area contributed by atoms with Crippen LogP contribution in [0.2, 0.25) is 0 Å². The van der Waals surface area contributed by atoms with Crippen LogP contribution in [0.15, 0.2) is 176 Å². The number of para-hydroxylation sites is 2. The second-order valence-corrected chi connectivity index (χ2v) is 13.4. The topological polar surface area (TPSA) is 71.9 Å². The summed E-state index contributed by atoms with van der Waals surface area (Å²) in [4.78, 5) is 2.02. The van der Waals surface area contributed by atoms with Crippen LogP contribution in [0.4, 0.5) is 17.2 Å². The summed E-state index contributed by atoms with van der Waals surface area (Å²) < 4.78 is 15.2. The molecular formula is C39H30N5OP. The van der Waals surface area contributed by atoms with Gasteiger partial charge in [-0.25, -0.2) is 0 Å². The molecule has 0 bridgehead atoms. The molecule has 0 spiro atoms. The molecule has 0 amide bonds. The third kappa shape index (κ3) is 5.74. The van der Waals surface area contributed by atoms with Gasteiger partial charge in [0.2, 0.25) is 7.14 Å². The Labute approximate surface area is 268 Å². The minimum absolute atomic E-state index is 0.124. The fraction of sp³-hybridized carbons (Fsp3) is 0.0256. The first kappa shape index (κ1) is 29.0. The average Bonchev–Trinajstić information content (AvgIpc) is 3.14. The van der Waals surface area contributed by atoms with Crippen LogP contribution in [0.25, 0.3) is 0 Å². The number of aromatic nitrogens is 4. The monoisotopic (exact) mass is 615 g/mol. The van der Waals surface area contributed by atoms with Gasteiger partial charge in [0, 0.05) is 16.7 Å². The highest BCUT2D eigenvalue weighted by Crippen LogP contribution is 2.42. The highest BCUT2D eigenvalue weighted by Gasteiger charge is 2.34. The molecule has 0 fully saturated rings. The normalized spacial score (nSPS) is 12.4. The van der Waals surface area contributed by atoms with Crippen molar-refractivity contribution < 1.29 is 4.57 Å². The molecule has 7 aromatic rings. The van der Waals surface area contributed by atoms with Gasteiger partial charge in [-0.1, -0.05) is 127 Å². The van der Waals surface area contributed by atoms with Crippen LogP contribution >= 0.6 is 7.14 Å². The van der Waals surface area contributed by atoms with Crippen LogP contribution in [0.1, 0.15) is 22.7 Å². The van der Waals surface area contributed by atoms with Gasteiger partial charge in [0.15, 0.2) is 5.82 Å². The molecular weight excluding hydrogens is 585 g/mol. The standard InChI is InChI=1S/C39H30N5OP/c45-46(34-24-14-5-15-25-34,37-28-26-35(40-42-37)39(30-16-6-1-7-17-30)31-18-8-2-9-19-31)38-29-27-36(41-43-38)44(32-20-10-3-11-21-32)33-22-12-4-13-23-33/h1-29,39H. The summed E-state index contributed by atoms with van der Waals surface area (Å²) in [5, 5.41) is 19.2. The second-order valence-electron chi connectivity index (χ2n) is 10.8.